The molecule has 0 radical (unpaired) electrons. The van der Waals surface area contributed by atoms with Crippen LogP contribution < -0.4 is 0 Å². The Morgan fingerprint density at radius 3 is 1.09 bits per heavy atom. The number of carbonyl (C=O) groups is 3. The first-order chi connectivity index (χ1) is 34.2. The van der Waals surface area contributed by atoms with Gasteiger partial charge in [-0.15, -0.1) is 0 Å². The molecule has 412 valence electrons. The van der Waals surface area contributed by atoms with Gasteiger partial charge in [0, 0.05) is 19.3 Å². The number of ether oxygens (including phenoxy) is 3. The summed E-state index contributed by atoms with van der Waals surface area (Å²) in [6.45, 7) is 4.64. The molecule has 11 nitrogen and oxygen atoms in total. The summed E-state index contributed by atoms with van der Waals surface area (Å²) < 4.78 is 39.5. The lowest BCUT2D eigenvalue weighted by atomic mass is 10.0. The molecule has 0 aliphatic rings. The molecule has 2 N–H and O–H groups in total. The first-order valence-electron chi connectivity index (χ1n) is 29.2. The minimum Gasteiger partial charge on any atom is -0.462 e. The molecular formula is C58H109O11P. The topological polar surface area (TPSA) is 155 Å². The van der Waals surface area contributed by atoms with Gasteiger partial charge in [-0.3, -0.25) is 23.4 Å². The van der Waals surface area contributed by atoms with Gasteiger partial charge in [0.25, 0.3) is 0 Å². The van der Waals surface area contributed by atoms with Crippen molar-refractivity contribution in [1.82, 2.24) is 0 Å². The predicted octanol–water partition coefficient (Wildman–Crippen LogP) is 17.0. The molecule has 0 heterocycles. The van der Waals surface area contributed by atoms with Crippen molar-refractivity contribution in [2.45, 2.75) is 303 Å². The van der Waals surface area contributed by atoms with Gasteiger partial charge in [-0.05, 0) is 51.4 Å². The molecule has 0 aromatic carbocycles. The lowest BCUT2D eigenvalue weighted by molar-refractivity contribution is -0.161. The van der Waals surface area contributed by atoms with Crippen LogP contribution >= 0.6 is 7.82 Å². The van der Waals surface area contributed by atoms with Crippen molar-refractivity contribution in [3.63, 3.8) is 0 Å². The molecule has 12 heteroatoms. The Balaban J connectivity index is 4.66. The van der Waals surface area contributed by atoms with Gasteiger partial charge in [0.1, 0.15) is 12.7 Å². The van der Waals surface area contributed by atoms with E-state index in [9.17, 15) is 28.9 Å². The highest BCUT2D eigenvalue weighted by Crippen LogP contribution is 2.43. The standard InChI is InChI=1S/C58H109O11P/c1-4-7-10-13-16-19-21-23-25-26-27-28-30-31-33-36-38-41-44-47-56(60)65-51-55(69-58(62)49-46-43-40-37-34-32-29-24-22-20-17-14-11-8-5-2)53-67-70(63,64)66-52-54(50-59)68-57(61)48-45-42-39-35-18-15-12-9-6-3/h16,19,23,25,54-55,59H,4-15,17-18,20-22,24,26-53H2,1-3H3,(H,63,64)/b19-16-,25-23-. The quantitative estimate of drug-likeness (QED) is 0.0197. The van der Waals surface area contributed by atoms with Gasteiger partial charge < -0.3 is 24.2 Å². The number of rotatable bonds is 55. The van der Waals surface area contributed by atoms with Crippen molar-refractivity contribution in [1.29, 1.82) is 0 Å². The smallest absolute Gasteiger partial charge is 0.462 e. The molecular weight excluding hydrogens is 904 g/mol. The average molecular weight is 1010 g/mol. The molecule has 0 aliphatic heterocycles. The van der Waals surface area contributed by atoms with E-state index < -0.39 is 57.8 Å². The Bertz CT molecular complexity index is 1270. The van der Waals surface area contributed by atoms with Crippen LogP contribution in [0.4, 0.5) is 0 Å². The maximum absolute atomic E-state index is 12.9. The van der Waals surface area contributed by atoms with Crippen LogP contribution in [0.1, 0.15) is 290 Å². The highest BCUT2D eigenvalue weighted by Gasteiger charge is 2.28. The van der Waals surface area contributed by atoms with Crippen LogP contribution in [-0.2, 0) is 42.2 Å². The average Bonchev–Trinajstić information content (AvgIpc) is 3.35. The van der Waals surface area contributed by atoms with Crippen molar-refractivity contribution >= 4 is 25.7 Å². The number of phosphoric acid groups is 1. The normalized spacial score (nSPS) is 13.5. The lowest BCUT2D eigenvalue weighted by Gasteiger charge is -2.21. The first kappa shape index (κ1) is 68.0. The highest BCUT2D eigenvalue weighted by molar-refractivity contribution is 7.47. The second kappa shape index (κ2) is 53.3. The predicted molar refractivity (Wildman–Crippen MR) is 289 cm³/mol. The van der Waals surface area contributed by atoms with E-state index in [1.807, 2.05) is 0 Å². The third-order valence-corrected chi connectivity index (χ3v) is 13.8. The zero-order valence-corrected chi connectivity index (χ0v) is 46.4. The van der Waals surface area contributed by atoms with Gasteiger partial charge in [0.05, 0.1) is 19.8 Å². The zero-order valence-electron chi connectivity index (χ0n) is 45.5. The summed E-state index contributed by atoms with van der Waals surface area (Å²) in [4.78, 5) is 48.4. The van der Waals surface area contributed by atoms with Crippen LogP contribution in [0.25, 0.3) is 0 Å². The number of allylic oxidation sites excluding steroid dienone is 4. The number of hydrogen-bond donors (Lipinski definition) is 2. The van der Waals surface area contributed by atoms with Crippen LogP contribution in [0, 0.1) is 0 Å². The zero-order chi connectivity index (χ0) is 51.3. The van der Waals surface area contributed by atoms with Gasteiger partial charge in [0.2, 0.25) is 0 Å². The third kappa shape index (κ3) is 50.9. The van der Waals surface area contributed by atoms with Crippen molar-refractivity contribution in [3.8, 4) is 0 Å². The molecule has 0 amide bonds. The van der Waals surface area contributed by atoms with E-state index in [1.54, 1.807) is 0 Å². The molecule has 0 saturated heterocycles. The summed E-state index contributed by atoms with van der Waals surface area (Å²) in [5.74, 6) is -1.45. The second-order valence-electron chi connectivity index (χ2n) is 19.8. The summed E-state index contributed by atoms with van der Waals surface area (Å²) in [6, 6.07) is 0. The molecule has 0 aromatic heterocycles. The van der Waals surface area contributed by atoms with E-state index in [4.69, 9.17) is 23.3 Å². The van der Waals surface area contributed by atoms with Gasteiger partial charge >= 0.3 is 25.7 Å². The largest absolute Gasteiger partial charge is 0.472 e. The Kier molecular flexibility index (Phi) is 51.7. The molecule has 0 aromatic rings. The third-order valence-electron chi connectivity index (χ3n) is 12.9. The number of esters is 3. The van der Waals surface area contributed by atoms with Crippen LogP contribution in [0.5, 0.6) is 0 Å². The Morgan fingerprint density at radius 2 is 0.700 bits per heavy atom. The van der Waals surface area contributed by atoms with E-state index in [1.165, 1.54) is 161 Å². The van der Waals surface area contributed by atoms with E-state index in [0.29, 0.717) is 19.3 Å². The SMILES string of the molecule is CCCCC/C=C\C/C=C\CCCCCCCCCCCC(=O)OCC(COP(=O)(O)OCC(CO)OC(=O)CCCCCCCCCCC)OC(=O)CCCCCCCCCCCCCCCCC. The van der Waals surface area contributed by atoms with Gasteiger partial charge in [-0.1, -0.05) is 244 Å². The van der Waals surface area contributed by atoms with E-state index in [-0.39, 0.29) is 25.9 Å². The fraction of sp³-hybridized carbons (Fsp3) is 0.879. The molecule has 0 saturated carbocycles. The lowest BCUT2D eigenvalue weighted by Crippen LogP contribution is -2.30. The van der Waals surface area contributed by atoms with Gasteiger partial charge in [0.15, 0.2) is 6.10 Å². The fourth-order valence-corrected chi connectivity index (χ4v) is 9.17. The Morgan fingerprint density at radius 1 is 0.400 bits per heavy atom. The van der Waals surface area contributed by atoms with E-state index >= 15 is 0 Å². The number of hydrogen-bond acceptors (Lipinski definition) is 10. The summed E-state index contributed by atoms with van der Waals surface area (Å²) in [5.41, 5.74) is 0. The Hall–Kier alpha value is -2.04. The number of aliphatic hydroxyl groups excluding tert-OH is 1. The molecule has 0 bridgehead atoms. The molecule has 0 rings (SSSR count). The van der Waals surface area contributed by atoms with Crippen molar-refractivity contribution in [2.24, 2.45) is 0 Å². The molecule has 3 unspecified atom stereocenters. The van der Waals surface area contributed by atoms with Crippen molar-refractivity contribution in [3.05, 3.63) is 24.3 Å². The molecule has 3 atom stereocenters. The molecule has 70 heavy (non-hydrogen) atoms. The number of aliphatic hydroxyl groups is 1. The van der Waals surface area contributed by atoms with E-state index in [0.717, 1.165) is 70.6 Å². The Labute approximate surface area is 429 Å². The monoisotopic (exact) mass is 1010 g/mol. The second-order valence-corrected chi connectivity index (χ2v) is 21.3. The van der Waals surface area contributed by atoms with Crippen LogP contribution in [0.15, 0.2) is 24.3 Å². The van der Waals surface area contributed by atoms with E-state index in [2.05, 4.69) is 45.1 Å². The number of unbranched alkanes of at least 4 members (excludes halogenated alkanes) is 34. The van der Waals surface area contributed by atoms with Gasteiger partial charge in [-0.2, -0.15) is 0 Å². The summed E-state index contributed by atoms with van der Waals surface area (Å²) in [5, 5.41) is 9.77. The van der Waals surface area contributed by atoms with Crippen LogP contribution in [0.3, 0.4) is 0 Å². The summed E-state index contributed by atoms with van der Waals surface area (Å²) in [7, 11) is -4.73. The maximum Gasteiger partial charge on any atom is 0.472 e. The van der Waals surface area contributed by atoms with Crippen LogP contribution in [0.2, 0.25) is 0 Å². The summed E-state index contributed by atoms with van der Waals surface area (Å²) >= 11 is 0. The fourth-order valence-electron chi connectivity index (χ4n) is 8.39. The van der Waals surface area contributed by atoms with Gasteiger partial charge in [-0.25, -0.2) is 4.57 Å². The first-order valence-corrected chi connectivity index (χ1v) is 30.7. The number of phosphoric ester groups is 1. The molecule has 0 aliphatic carbocycles. The highest BCUT2D eigenvalue weighted by atomic mass is 31.2. The molecule has 0 spiro atoms. The van der Waals surface area contributed by atoms with Crippen LogP contribution in [-0.4, -0.2) is 66.5 Å². The molecule has 0 fully saturated rings. The van der Waals surface area contributed by atoms with Crippen molar-refractivity contribution < 1.29 is 52.2 Å². The maximum atomic E-state index is 12.9. The minimum atomic E-state index is -4.73. The number of carbonyl (C=O) groups excluding carboxylic acids is 3. The minimum absolute atomic E-state index is 0.174. The van der Waals surface area contributed by atoms with Crippen molar-refractivity contribution in [2.75, 3.05) is 26.4 Å². The summed E-state index contributed by atoms with van der Waals surface area (Å²) in [6.07, 6.45) is 52.8.